The van der Waals surface area contributed by atoms with Crippen LogP contribution in [-0.4, -0.2) is 38.9 Å². The van der Waals surface area contributed by atoms with Crippen molar-refractivity contribution in [2.45, 2.75) is 19.1 Å². The number of hydrogen-bond donors (Lipinski definition) is 0. The Hall–Kier alpha value is -1.20. The summed E-state index contributed by atoms with van der Waals surface area (Å²) in [5.41, 5.74) is 0.899. The summed E-state index contributed by atoms with van der Waals surface area (Å²) in [4.78, 5) is 24.3. The normalized spacial score (nSPS) is 33.2. The first kappa shape index (κ1) is 13.2. The SMILES string of the molecule is COC(=O)[C@@H]1C[C@@H]2C=C(C)[C@H]1C(=O)C2(OC)OC. The third-order valence-corrected chi connectivity index (χ3v) is 4.09. The van der Waals surface area contributed by atoms with E-state index in [-0.39, 0.29) is 17.7 Å². The molecule has 1 saturated carbocycles. The predicted molar refractivity (Wildman–Crippen MR) is 62.6 cm³/mol. The number of carbonyl (C=O) groups excluding carboxylic acids is 2. The Bertz CT molecular complexity index is 408. The molecule has 0 aromatic rings. The van der Waals surface area contributed by atoms with Crippen LogP contribution in [0.1, 0.15) is 13.3 Å². The second kappa shape index (κ2) is 4.48. The summed E-state index contributed by atoms with van der Waals surface area (Å²) in [6.07, 6.45) is 2.49. The predicted octanol–water partition coefficient (Wildman–Crippen LogP) is 0.930. The molecule has 0 unspecified atom stereocenters. The van der Waals surface area contributed by atoms with Gasteiger partial charge in [0.15, 0.2) is 0 Å². The Morgan fingerprint density at radius 2 is 1.94 bits per heavy atom. The number of ether oxygens (including phenoxy) is 3. The average molecular weight is 254 g/mol. The molecule has 0 aromatic heterocycles. The van der Waals surface area contributed by atoms with Gasteiger partial charge in [-0.3, -0.25) is 9.59 Å². The van der Waals surface area contributed by atoms with E-state index in [0.29, 0.717) is 6.42 Å². The maximum absolute atomic E-state index is 12.5. The summed E-state index contributed by atoms with van der Waals surface area (Å²) in [7, 11) is 4.25. The minimum atomic E-state index is -1.24. The summed E-state index contributed by atoms with van der Waals surface area (Å²) in [6, 6.07) is 0. The molecular formula is C13H18O5. The topological polar surface area (TPSA) is 61.8 Å². The van der Waals surface area contributed by atoms with E-state index in [2.05, 4.69) is 0 Å². The van der Waals surface area contributed by atoms with Gasteiger partial charge in [-0.25, -0.2) is 0 Å². The van der Waals surface area contributed by atoms with E-state index >= 15 is 0 Å². The number of carbonyl (C=O) groups is 2. The molecule has 3 aliphatic carbocycles. The van der Waals surface area contributed by atoms with Gasteiger partial charge in [-0.1, -0.05) is 11.6 Å². The van der Waals surface area contributed by atoms with Gasteiger partial charge in [0, 0.05) is 20.1 Å². The minimum Gasteiger partial charge on any atom is -0.469 e. The number of methoxy groups -OCH3 is 3. The molecule has 2 bridgehead atoms. The van der Waals surface area contributed by atoms with E-state index in [0.717, 1.165) is 5.57 Å². The van der Waals surface area contributed by atoms with Crippen molar-refractivity contribution in [2.24, 2.45) is 17.8 Å². The van der Waals surface area contributed by atoms with Gasteiger partial charge < -0.3 is 14.2 Å². The molecule has 100 valence electrons. The lowest BCUT2D eigenvalue weighted by atomic mass is 9.61. The molecule has 0 amide bonds. The molecule has 18 heavy (non-hydrogen) atoms. The van der Waals surface area contributed by atoms with E-state index in [1.54, 1.807) is 0 Å². The van der Waals surface area contributed by atoms with Crippen molar-refractivity contribution in [1.29, 1.82) is 0 Å². The largest absolute Gasteiger partial charge is 0.469 e. The highest BCUT2D eigenvalue weighted by atomic mass is 16.7. The Kier molecular flexibility index (Phi) is 3.29. The first-order valence-electron chi connectivity index (χ1n) is 5.92. The van der Waals surface area contributed by atoms with Gasteiger partial charge in [0.25, 0.3) is 0 Å². The number of ketones is 1. The lowest BCUT2D eigenvalue weighted by Gasteiger charge is -2.48. The van der Waals surface area contributed by atoms with Gasteiger partial charge in [0.1, 0.15) is 0 Å². The van der Waals surface area contributed by atoms with Crippen LogP contribution in [0.2, 0.25) is 0 Å². The fraction of sp³-hybridized carbons (Fsp3) is 0.692. The van der Waals surface area contributed by atoms with Gasteiger partial charge in [0.2, 0.25) is 11.6 Å². The van der Waals surface area contributed by atoms with Gasteiger partial charge in [-0.05, 0) is 13.3 Å². The monoisotopic (exact) mass is 254 g/mol. The van der Waals surface area contributed by atoms with Crippen molar-refractivity contribution in [3.63, 3.8) is 0 Å². The zero-order valence-electron chi connectivity index (χ0n) is 11.1. The third kappa shape index (κ3) is 1.54. The summed E-state index contributed by atoms with van der Waals surface area (Å²) in [5, 5.41) is 0. The van der Waals surface area contributed by atoms with E-state index in [9.17, 15) is 9.59 Å². The number of hydrogen-bond acceptors (Lipinski definition) is 5. The molecule has 3 rings (SSSR count). The summed E-state index contributed by atoms with van der Waals surface area (Å²) < 4.78 is 15.4. The van der Waals surface area contributed by atoms with Crippen molar-refractivity contribution in [3.05, 3.63) is 11.6 Å². The van der Waals surface area contributed by atoms with E-state index in [1.807, 2.05) is 13.0 Å². The molecule has 3 aliphatic rings. The van der Waals surface area contributed by atoms with Crippen LogP contribution in [0.15, 0.2) is 11.6 Å². The Balaban J connectivity index is 2.43. The van der Waals surface area contributed by atoms with E-state index in [4.69, 9.17) is 14.2 Å². The first-order chi connectivity index (χ1) is 8.51. The maximum Gasteiger partial charge on any atom is 0.309 e. The second-order valence-corrected chi connectivity index (χ2v) is 4.80. The van der Waals surface area contributed by atoms with Gasteiger partial charge in [-0.2, -0.15) is 0 Å². The second-order valence-electron chi connectivity index (χ2n) is 4.80. The summed E-state index contributed by atoms with van der Waals surface area (Å²) in [5.74, 6) is -2.92. The molecule has 0 N–H and O–H groups in total. The van der Waals surface area contributed by atoms with Crippen molar-refractivity contribution in [3.8, 4) is 0 Å². The zero-order valence-corrected chi connectivity index (χ0v) is 11.1. The fourth-order valence-electron chi connectivity index (χ4n) is 3.24. The molecule has 5 nitrogen and oxygen atoms in total. The smallest absolute Gasteiger partial charge is 0.309 e. The Morgan fingerprint density at radius 3 is 2.39 bits per heavy atom. The Morgan fingerprint density at radius 1 is 1.33 bits per heavy atom. The van der Waals surface area contributed by atoms with Crippen molar-refractivity contribution in [1.82, 2.24) is 0 Å². The van der Waals surface area contributed by atoms with Crippen LogP contribution in [-0.2, 0) is 23.8 Å². The molecule has 5 heteroatoms. The number of fused-ring (bicyclic) bond motifs is 2. The molecule has 0 aliphatic heterocycles. The van der Waals surface area contributed by atoms with Gasteiger partial charge >= 0.3 is 5.97 Å². The highest BCUT2D eigenvalue weighted by Crippen LogP contribution is 2.49. The molecule has 0 saturated heterocycles. The number of allylic oxidation sites excluding steroid dienone is 1. The minimum absolute atomic E-state index is 0.181. The highest BCUT2D eigenvalue weighted by molar-refractivity contribution is 5.97. The quantitative estimate of drug-likeness (QED) is 0.426. The van der Waals surface area contributed by atoms with Crippen LogP contribution < -0.4 is 0 Å². The van der Waals surface area contributed by atoms with Crippen LogP contribution in [0.5, 0.6) is 0 Å². The average Bonchev–Trinajstić information content (AvgIpc) is 2.38. The van der Waals surface area contributed by atoms with Crippen LogP contribution in [0, 0.1) is 17.8 Å². The molecule has 1 fully saturated rings. The summed E-state index contributed by atoms with van der Waals surface area (Å²) in [6.45, 7) is 1.86. The highest BCUT2D eigenvalue weighted by Gasteiger charge is 2.60. The van der Waals surface area contributed by atoms with Crippen molar-refractivity contribution >= 4 is 11.8 Å². The zero-order chi connectivity index (χ0) is 13.5. The van der Waals surface area contributed by atoms with Crippen LogP contribution in [0.4, 0.5) is 0 Å². The van der Waals surface area contributed by atoms with E-state index in [1.165, 1.54) is 21.3 Å². The summed E-state index contributed by atoms with van der Waals surface area (Å²) >= 11 is 0. The molecule has 0 spiro atoms. The van der Waals surface area contributed by atoms with E-state index < -0.39 is 17.6 Å². The standard InChI is InChI=1S/C13H18O5/c1-7-5-8-6-9(12(15)16-2)10(7)11(14)13(8,17-3)18-4/h5,8-10H,6H2,1-4H3/t8-,9+,10+/m0/s1. The van der Waals surface area contributed by atoms with Crippen LogP contribution in [0.3, 0.4) is 0 Å². The Labute approximate surface area is 106 Å². The lowest BCUT2D eigenvalue weighted by Crippen LogP contribution is -2.61. The molecule has 3 atom stereocenters. The first-order valence-corrected chi connectivity index (χ1v) is 5.92. The van der Waals surface area contributed by atoms with Crippen LogP contribution in [0.25, 0.3) is 0 Å². The number of rotatable bonds is 3. The van der Waals surface area contributed by atoms with Crippen molar-refractivity contribution in [2.75, 3.05) is 21.3 Å². The number of Topliss-reactive ketones (excluding diaryl/α,β-unsaturated/α-hetero) is 1. The fourth-order valence-corrected chi connectivity index (χ4v) is 3.24. The molecular weight excluding hydrogens is 236 g/mol. The van der Waals surface area contributed by atoms with Gasteiger partial charge in [-0.15, -0.1) is 0 Å². The maximum atomic E-state index is 12.5. The molecule has 0 aromatic carbocycles. The van der Waals surface area contributed by atoms with Gasteiger partial charge in [0.05, 0.1) is 18.9 Å². The molecule has 0 radical (unpaired) electrons. The van der Waals surface area contributed by atoms with Crippen molar-refractivity contribution < 1.29 is 23.8 Å². The number of esters is 1. The lowest BCUT2D eigenvalue weighted by molar-refractivity contribution is -0.241. The molecule has 0 heterocycles. The van der Waals surface area contributed by atoms with Crippen LogP contribution >= 0.6 is 0 Å². The third-order valence-electron chi connectivity index (χ3n) is 4.09.